The first-order valence-electron chi connectivity index (χ1n) is 13.8. The normalized spacial score (nSPS) is 19.4. The highest BCUT2D eigenvalue weighted by Gasteiger charge is 2.41. The Labute approximate surface area is 245 Å². The molecule has 0 amide bonds. The summed E-state index contributed by atoms with van der Waals surface area (Å²) in [6.07, 6.45) is 9.23. The molecule has 0 spiro atoms. The van der Waals surface area contributed by atoms with Crippen molar-refractivity contribution in [3.8, 4) is 0 Å². The van der Waals surface area contributed by atoms with Gasteiger partial charge in [0.2, 0.25) is 0 Å². The predicted octanol–water partition coefficient (Wildman–Crippen LogP) is 4.91. The number of dihydropyridines is 1. The fourth-order valence-electron chi connectivity index (χ4n) is 5.24. The summed E-state index contributed by atoms with van der Waals surface area (Å²) in [5.74, 6) is 0.0192. The first-order valence-corrected chi connectivity index (χ1v) is 14.5. The van der Waals surface area contributed by atoms with Crippen molar-refractivity contribution in [1.82, 2.24) is 5.32 Å². The summed E-state index contributed by atoms with van der Waals surface area (Å²) in [7, 11) is 1.29. The van der Waals surface area contributed by atoms with Crippen LogP contribution in [0.4, 0.5) is 0 Å². The van der Waals surface area contributed by atoms with E-state index in [0.717, 1.165) is 11.8 Å². The van der Waals surface area contributed by atoms with Crippen molar-refractivity contribution in [2.75, 3.05) is 46.7 Å². The zero-order chi connectivity index (χ0) is 28.6. The summed E-state index contributed by atoms with van der Waals surface area (Å²) in [6.45, 7) is 3.39. The van der Waals surface area contributed by atoms with Crippen molar-refractivity contribution in [1.29, 1.82) is 0 Å². The van der Waals surface area contributed by atoms with E-state index in [-0.39, 0.29) is 36.0 Å². The summed E-state index contributed by atoms with van der Waals surface area (Å²) in [4.78, 5) is 26.8. The minimum Gasteiger partial charge on any atom is -0.466 e. The van der Waals surface area contributed by atoms with E-state index in [4.69, 9.17) is 47.9 Å². The molecular weight excluding hydrogens is 555 g/mol. The second-order valence-electron chi connectivity index (χ2n) is 10.4. The molecule has 0 bridgehead atoms. The number of hydrogen-bond acceptors (Lipinski definition) is 8. The van der Waals surface area contributed by atoms with Gasteiger partial charge in [0.15, 0.2) is 0 Å². The van der Waals surface area contributed by atoms with E-state index in [2.05, 4.69) is 11.4 Å². The average Bonchev–Trinajstić information content (AvgIpc) is 3.86. The van der Waals surface area contributed by atoms with Gasteiger partial charge in [0.05, 0.1) is 66.3 Å². The van der Waals surface area contributed by atoms with Crippen LogP contribution < -0.4 is 11.1 Å². The van der Waals surface area contributed by atoms with Crippen LogP contribution in [0, 0.1) is 17.8 Å². The largest absolute Gasteiger partial charge is 0.466 e. The van der Waals surface area contributed by atoms with Gasteiger partial charge >= 0.3 is 11.9 Å². The lowest BCUT2D eigenvalue weighted by atomic mass is 9.80. The molecule has 1 atom stereocenters. The van der Waals surface area contributed by atoms with Crippen LogP contribution in [-0.2, 0) is 28.5 Å². The second-order valence-corrected chi connectivity index (χ2v) is 11.1. The Hall–Kier alpha value is -2.36. The molecule has 2 fully saturated rings. The first kappa shape index (κ1) is 30.6. The van der Waals surface area contributed by atoms with Crippen LogP contribution in [0.15, 0.2) is 52.9 Å². The van der Waals surface area contributed by atoms with Crippen molar-refractivity contribution in [2.24, 2.45) is 23.5 Å². The summed E-state index contributed by atoms with van der Waals surface area (Å²) >= 11 is 13.0. The highest BCUT2D eigenvalue weighted by molar-refractivity contribution is 6.42. The van der Waals surface area contributed by atoms with Gasteiger partial charge in [-0.1, -0.05) is 47.5 Å². The van der Waals surface area contributed by atoms with Gasteiger partial charge in [0.25, 0.3) is 0 Å². The van der Waals surface area contributed by atoms with E-state index >= 15 is 0 Å². The molecule has 1 aliphatic heterocycles. The number of carbonyl (C=O) groups excluding carboxylic acids is 2. The second kappa shape index (κ2) is 14.5. The maximum absolute atomic E-state index is 13.8. The van der Waals surface area contributed by atoms with Gasteiger partial charge in [0.1, 0.15) is 6.61 Å². The van der Waals surface area contributed by atoms with Crippen molar-refractivity contribution in [3.63, 3.8) is 0 Å². The highest BCUT2D eigenvalue weighted by atomic mass is 35.5. The number of esters is 2. The third kappa shape index (κ3) is 7.68. The number of allylic oxidation sites excluding steroid dienone is 2. The van der Waals surface area contributed by atoms with Gasteiger partial charge in [-0.3, -0.25) is 0 Å². The molecule has 1 aromatic rings. The lowest BCUT2D eigenvalue weighted by Crippen LogP contribution is -2.35. The van der Waals surface area contributed by atoms with E-state index < -0.39 is 17.9 Å². The predicted molar refractivity (Wildman–Crippen MR) is 154 cm³/mol. The molecular formula is C30H38Cl2N2O6. The topological polar surface area (TPSA) is 109 Å². The number of nitrogens with one attached hydrogen (secondary N) is 1. The molecule has 3 aliphatic rings. The molecule has 3 N–H and O–H groups in total. The van der Waals surface area contributed by atoms with Gasteiger partial charge in [-0.05, 0) is 62.0 Å². The van der Waals surface area contributed by atoms with Crippen LogP contribution in [0.3, 0.4) is 0 Å². The molecule has 40 heavy (non-hydrogen) atoms. The van der Waals surface area contributed by atoms with Crippen LogP contribution in [0.25, 0.3) is 0 Å². The number of hydrogen-bond donors (Lipinski definition) is 2. The van der Waals surface area contributed by atoms with Gasteiger partial charge < -0.3 is 30.0 Å². The Kier molecular flexibility index (Phi) is 11.1. The number of rotatable bonds is 15. The molecule has 4 rings (SSSR count). The lowest BCUT2D eigenvalue weighted by Gasteiger charge is -2.32. The maximum atomic E-state index is 13.8. The standard InChI is InChI=1S/C30H38Cl2N2O6/c1-18-25(29(35)37-2)26(22-5-3-7-23(31)28(22)32)27(24(34-18)17-39-16-15-38-14-12-33)30(36)40-13-4-6-21(19-8-9-19)20-10-11-20/h3-7,19-21,26,34H,8-17,33H2,1-2H3/t26-/m1/s1. The fourth-order valence-corrected chi connectivity index (χ4v) is 5.66. The summed E-state index contributed by atoms with van der Waals surface area (Å²) in [5.41, 5.74) is 7.39. The van der Waals surface area contributed by atoms with Gasteiger partial charge in [-0.15, -0.1) is 0 Å². The molecule has 10 heteroatoms. The van der Waals surface area contributed by atoms with Crippen LogP contribution in [-0.4, -0.2) is 58.6 Å². The van der Waals surface area contributed by atoms with E-state index in [1.807, 2.05) is 6.08 Å². The Balaban J connectivity index is 1.62. The Morgan fingerprint density at radius 3 is 2.40 bits per heavy atom. The molecule has 1 heterocycles. The molecule has 218 valence electrons. The zero-order valence-electron chi connectivity index (χ0n) is 23.0. The van der Waals surface area contributed by atoms with E-state index in [0.29, 0.717) is 47.7 Å². The monoisotopic (exact) mass is 592 g/mol. The van der Waals surface area contributed by atoms with Crippen molar-refractivity contribution < 1.29 is 28.5 Å². The number of ether oxygens (including phenoxy) is 4. The molecule has 2 saturated carbocycles. The quantitative estimate of drug-likeness (QED) is 0.168. The molecule has 1 aromatic carbocycles. The van der Waals surface area contributed by atoms with Crippen LogP contribution in [0.1, 0.15) is 44.1 Å². The Morgan fingerprint density at radius 2 is 1.75 bits per heavy atom. The van der Waals surface area contributed by atoms with E-state index in [1.165, 1.54) is 32.8 Å². The summed E-state index contributed by atoms with van der Waals surface area (Å²) in [5, 5.41) is 3.72. The van der Waals surface area contributed by atoms with E-state index in [1.54, 1.807) is 25.1 Å². The van der Waals surface area contributed by atoms with Crippen molar-refractivity contribution in [3.05, 3.63) is 68.5 Å². The molecule has 8 nitrogen and oxygen atoms in total. The van der Waals surface area contributed by atoms with Crippen molar-refractivity contribution in [2.45, 2.75) is 38.5 Å². The minimum atomic E-state index is -0.880. The summed E-state index contributed by atoms with van der Waals surface area (Å²) in [6, 6.07) is 5.11. The number of methoxy groups -OCH3 is 1. The molecule has 2 aliphatic carbocycles. The third-order valence-corrected chi connectivity index (χ3v) is 8.28. The average molecular weight is 594 g/mol. The molecule has 0 unspecified atom stereocenters. The van der Waals surface area contributed by atoms with Crippen LogP contribution in [0.5, 0.6) is 0 Å². The molecule has 0 radical (unpaired) electrons. The number of carbonyl (C=O) groups is 2. The third-order valence-electron chi connectivity index (χ3n) is 7.44. The van der Waals surface area contributed by atoms with Crippen molar-refractivity contribution >= 4 is 35.1 Å². The number of benzene rings is 1. The van der Waals surface area contributed by atoms with E-state index in [9.17, 15) is 9.59 Å². The van der Waals surface area contributed by atoms with Gasteiger partial charge in [-0.25, -0.2) is 9.59 Å². The Bertz CT molecular complexity index is 1160. The summed E-state index contributed by atoms with van der Waals surface area (Å²) < 4.78 is 22.1. The Morgan fingerprint density at radius 1 is 1.05 bits per heavy atom. The smallest absolute Gasteiger partial charge is 0.337 e. The minimum absolute atomic E-state index is 0.0537. The SMILES string of the molecule is COC(=O)C1=C(C)NC(COCCOCCN)=C(C(=O)OCC=CC(C2CC2)C2CC2)[C@@H]1c1cccc(Cl)c1Cl. The van der Waals surface area contributed by atoms with Crippen LogP contribution in [0.2, 0.25) is 10.0 Å². The molecule has 0 saturated heterocycles. The maximum Gasteiger partial charge on any atom is 0.337 e. The highest BCUT2D eigenvalue weighted by Crippen LogP contribution is 2.50. The zero-order valence-corrected chi connectivity index (χ0v) is 24.6. The number of halogens is 2. The lowest BCUT2D eigenvalue weighted by molar-refractivity contribution is -0.138. The van der Waals surface area contributed by atoms with Crippen LogP contribution >= 0.6 is 23.2 Å². The number of nitrogens with two attached hydrogens (primary N) is 1. The first-order chi connectivity index (χ1) is 19.4. The molecule has 0 aromatic heterocycles. The fraction of sp³-hybridized carbons (Fsp3) is 0.533. The van der Waals surface area contributed by atoms with Gasteiger partial charge in [-0.2, -0.15) is 0 Å². The van der Waals surface area contributed by atoms with Gasteiger partial charge in [0, 0.05) is 12.2 Å².